The van der Waals surface area contributed by atoms with Gasteiger partial charge in [-0.15, -0.1) is 0 Å². The molecule has 0 saturated carbocycles. The molecule has 0 spiro atoms. The number of nitrogens with zero attached hydrogens (tertiary/aromatic N) is 3. The molecule has 6 heteroatoms. The van der Waals surface area contributed by atoms with Crippen molar-refractivity contribution in [2.75, 3.05) is 19.9 Å². The van der Waals surface area contributed by atoms with Gasteiger partial charge in [0.25, 0.3) is 0 Å². The molecule has 0 unspecified atom stereocenters. The molecule has 3 aromatic rings. The first-order valence-electron chi connectivity index (χ1n) is 8.26. The van der Waals surface area contributed by atoms with E-state index in [4.69, 9.17) is 4.74 Å². The van der Waals surface area contributed by atoms with Gasteiger partial charge < -0.3 is 9.64 Å². The Balaban J connectivity index is 1.61. The van der Waals surface area contributed by atoms with Crippen LogP contribution in [0.3, 0.4) is 0 Å². The van der Waals surface area contributed by atoms with Crippen molar-refractivity contribution in [1.29, 1.82) is 0 Å². The van der Waals surface area contributed by atoms with Gasteiger partial charge in [-0.25, -0.2) is 4.98 Å². The number of thioether (sulfide) groups is 1. The monoisotopic (exact) mass is 367 g/mol. The van der Waals surface area contributed by atoms with Crippen LogP contribution in [-0.2, 0) is 11.3 Å². The number of hydrogen-bond donors (Lipinski definition) is 0. The quantitative estimate of drug-likeness (QED) is 0.598. The Morgan fingerprint density at radius 3 is 2.58 bits per heavy atom. The van der Waals surface area contributed by atoms with E-state index in [0.29, 0.717) is 12.3 Å². The number of rotatable bonds is 7. The van der Waals surface area contributed by atoms with Gasteiger partial charge in [-0.1, -0.05) is 42.1 Å². The lowest BCUT2D eigenvalue weighted by atomic mass is 10.2. The zero-order valence-corrected chi connectivity index (χ0v) is 15.6. The molecule has 0 N–H and O–H groups in total. The highest BCUT2D eigenvalue weighted by atomic mass is 32.2. The van der Waals surface area contributed by atoms with Crippen molar-refractivity contribution in [2.24, 2.45) is 0 Å². The second kappa shape index (κ2) is 8.58. The summed E-state index contributed by atoms with van der Waals surface area (Å²) in [7, 11) is 3.47. The molecule has 0 saturated heterocycles. The molecular weight excluding hydrogens is 346 g/mol. The van der Waals surface area contributed by atoms with Crippen LogP contribution in [0.5, 0.6) is 5.75 Å². The van der Waals surface area contributed by atoms with E-state index in [2.05, 4.69) is 4.98 Å². The highest BCUT2D eigenvalue weighted by Gasteiger charge is 2.13. The van der Waals surface area contributed by atoms with Gasteiger partial charge in [0.05, 0.1) is 12.9 Å². The molecule has 1 aromatic heterocycles. The summed E-state index contributed by atoms with van der Waals surface area (Å²) in [6.45, 7) is 0.604. The second-order valence-corrected chi connectivity index (χ2v) is 6.74. The Morgan fingerprint density at radius 2 is 1.88 bits per heavy atom. The molecule has 5 nitrogen and oxygen atoms in total. The Bertz CT molecular complexity index is 847. The summed E-state index contributed by atoms with van der Waals surface area (Å²) >= 11 is 1.43. The number of ether oxygens (including phenoxy) is 1. The summed E-state index contributed by atoms with van der Waals surface area (Å²) in [6.07, 6.45) is 3.63. The molecule has 0 fully saturated rings. The zero-order chi connectivity index (χ0) is 18.4. The van der Waals surface area contributed by atoms with E-state index in [1.165, 1.54) is 11.8 Å². The summed E-state index contributed by atoms with van der Waals surface area (Å²) < 4.78 is 7.16. The molecular formula is C20H21N3O2S. The van der Waals surface area contributed by atoms with Crippen LogP contribution >= 0.6 is 11.8 Å². The molecule has 0 aliphatic carbocycles. The summed E-state index contributed by atoms with van der Waals surface area (Å²) in [5, 5.41) is 0.789. The van der Waals surface area contributed by atoms with Crippen molar-refractivity contribution in [3.05, 3.63) is 72.6 Å². The summed E-state index contributed by atoms with van der Waals surface area (Å²) in [5.41, 5.74) is 2.10. The number of hydrogen-bond acceptors (Lipinski definition) is 4. The summed E-state index contributed by atoms with van der Waals surface area (Å²) in [5.74, 6) is 1.22. The first-order chi connectivity index (χ1) is 12.7. The molecule has 2 aromatic carbocycles. The number of aromatic nitrogens is 2. The van der Waals surface area contributed by atoms with Gasteiger partial charge in [0.15, 0.2) is 5.16 Å². The Morgan fingerprint density at radius 1 is 1.15 bits per heavy atom. The summed E-state index contributed by atoms with van der Waals surface area (Å²) in [6, 6.07) is 17.7. The third-order valence-electron chi connectivity index (χ3n) is 3.97. The fraction of sp³-hybridized carbons (Fsp3) is 0.200. The van der Waals surface area contributed by atoms with E-state index >= 15 is 0 Å². The minimum Gasteiger partial charge on any atom is -0.497 e. The van der Waals surface area contributed by atoms with E-state index in [1.54, 1.807) is 18.2 Å². The molecule has 1 heterocycles. The van der Waals surface area contributed by atoms with Crippen molar-refractivity contribution >= 4 is 17.7 Å². The van der Waals surface area contributed by atoms with Crippen LogP contribution in [0.25, 0.3) is 5.69 Å². The maximum absolute atomic E-state index is 12.4. The van der Waals surface area contributed by atoms with Gasteiger partial charge in [0.2, 0.25) is 5.91 Å². The van der Waals surface area contributed by atoms with Gasteiger partial charge in [0, 0.05) is 31.7 Å². The van der Waals surface area contributed by atoms with Crippen molar-refractivity contribution < 1.29 is 9.53 Å². The molecule has 134 valence electrons. The molecule has 3 rings (SSSR count). The molecule has 0 radical (unpaired) electrons. The molecule has 1 amide bonds. The number of amides is 1. The highest BCUT2D eigenvalue weighted by Crippen LogP contribution is 2.22. The molecule has 26 heavy (non-hydrogen) atoms. The largest absolute Gasteiger partial charge is 0.497 e. The van der Waals surface area contributed by atoms with Crippen LogP contribution in [-0.4, -0.2) is 40.3 Å². The van der Waals surface area contributed by atoms with Crippen molar-refractivity contribution in [3.63, 3.8) is 0 Å². The van der Waals surface area contributed by atoms with E-state index in [1.807, 2.05) is 72.4 Å². The molecule has 0 atom stereocenters. The first kappa shape index (κ1) is 18.1. The Kier molecular flexibility index (Phi) is 5.96. The van der Waals surface area contributed by atoms with Gasteiger partial charge in [0.1, 0.15) is 5.75 Å². The third kappa shape index (κ3) is 4.46. The zero-order valence-electron chi connectivity index (χ0n) is 14.8. The third-order valence-corrected chi connectivity index (χ3v) is 4.92. The molecule has 0 aliphatic heterocycles. The second-order valence-electron chi connectivity index (χ2n) is 5.80. The van der Waals surface area contributed by atoms with Crippen LogP contribution < -0.4 is 4.74 Å². The number of methoxy groups -OCH3 is 1. The SMILES string of the molecule is COc1ccc(-n2ccnc2SCC(=O)N(C)Cc2ccccc2)cc1. The maximum atomic E-state index is 12.4. The average Bonchev–Trinajstić information content (AvgIpc) is 3.15. The van der Waals surface area contributed by atoms with Crippen molar-refractivity contribution in [1.82, 2.24) is 14.5 Å². The summed E-state index contributed by atoms with van der Waals surface area (Å²) in [4.78, 5) is 18.5. The normalized spacial score (nSPS) is 10.5. The average molecular weight is 367 g/mol. The van der Waals surface area contributed by atoms with Gasteiger partial charge in [-0.3, -0.25) is 9.36 Å². The van der Waals surface area contributed by atoms with Crippen molar-refractivity contribution in [2.45, 2.75) is 11.7 Å². The van der Waals surface area contributed by atoms with E-state index < -0.39 is 0 Å². The molecule has 0 aliphatic rings. The number of carbonyl (C=O) groups excluding carboxylic acids is 1. The lowest BCUT2D eigenvalue weighted by Gasteiger charge is -2.17. The van der Waals surface area contributed by atoms with E-state index in [-0.39, 0.29) is 5.91 Å². The van der Waals surface area contributed by atoms with Crippen LogP contribution in [0.4, 0.5) is 0 Å². The predicted molar refractivity (Wildman–Crippen MR) is 104 cm³/mol. The first-order valence-corrected chi connectivity index (χ1v) is 9.24. The van der Waals surface area contributed by atoms with Gasteiger partial charge in [-0.2, -0.15) is 0 Å². The smallest absolute Gasteiger partial charge is 0.233 e. The Hall–Kier alpha value is -2.73. The van der Waals surface area contributed by atoms with Crippen LogP contribution in [0.15, 0.2) is 72.1 Å². The van der Waals surface area contributed by atoms with E-state index in [9.17, 15) is 4.79 Å². The van der Waals surface area contributed by atoms with Gasteiger partial charge in [-0.05, 0) is 29.8 Å². The maximum Gasteiger partial charge on any atom is 0.233 e. The van der Waals surface area contributed by atoms with Crippen molar-refractivity contribution in [3.8, 4) is 11.4 Å². The molecule has 0 bridgehead atoms. The number of benzene rings is 2. The topological polar surface area (TPSA) is 47.4 Å². The van der Waals surface area contributed by atoms with E-state index in [0.717, 1.165) is 22.2 Å². The highest BCUT2D eigenvalue weighted by molar-refractivity contribution is 7.99. The standard InChI is InChI=1S/C20H21N3O2S/c1-22(14-16-6-4-3-5-7-16)19(24)15-26-20-21-12-13-23(20)17-8-10-18(25-2)11-9-17/h3-13H,14-15H2,1-2H3. The Labute approximate surface area is 157 Å². The lowest BCUT2D eigenvalue weighted by molar-refractivity contribution is -0.127. The number of carbonyl (C=O) groups is 1. The minimum absolute atomic E-state index is 0.0723. The fourth-order valence-electron chi connectivity index (χ4n) is 2.52. The lowest BCUT2D eigenvalue weighted by Crippen LogP contribution is -2.27. The van der Waals surface area contributed by atoms with Gasteiger partial charge >= 0.3 is 0 Å². The number of imidazole rings is 1. The van der Waals surface area contributed by atoms with Crippen LogP contribution in [0.2, 0.25) is 0 Å². The minimum atomic E-state index is 0.0723. The fourth-order valence-corrected chi connectivity index (χ4v) is 3.43. The van der Waals surface area contributed by atoms with Crippen LogP contribution in [0, 0.1) is 0 Å². The van der Waals surface area contributed by atoms with Crippen LogP contribution in [0.1, 0.15) is 5.56 Å². The predicted octanol–water partition coefficient (Wildman–Crippen LogP) is 3.63.